The first kappa shape index (κ1) is 31.4. The minimum Gasteiger partial charge on any atom is -0.494 e. The molecule has 2 aromatic carbocycles. The lowest BCUT2D eigenvalue weighted by molar-refractivity contribution is -0.137. The zero-order chi connectivity index (χ0) is 28.5. The molecule has 0 aliphatic carbocycles. The number of aryl methyl sites for hydroxylation is 1. The normalized spacial score (nSPS) is 10.8. The average Bonchev–Trinajstić information content (AvgIpc) is 2.91. The molecule has 0 unspecified atom stereocenters. The van der Waals surface area contributed by atoms with Crippen LogP contribution >= 0.6 is 0 Å². The molecule has 212 valence electrons. The van der Waals surface area contributed by atoms with Crippen molar-refractivity contribution in [1.82, 2.24) is 4.90 Å². The van der Waals surface area contributed by atoms with E-state index in [2.05, 4.69) is 24.4 Å². The number of hydrogen-bond acceptors (Lipinski definition) is 5. The summed E-state index contributed by atoms with van der Waals surface area (Å²) in [5.41, 5.74) is 2.46. The summed E-state index contributed by atoms with van der Waals surface area (Å²) in [6.45, 7) is 3.32. The van der Waals surface area contributed by atoms with Gasteiger partial charge in [-0.05, 0) is 80.0 Å². The van der Waals surface area contributed by atoms with Crippen LogP contribution in [0.4, 0.5) is 5.69 Å². The second-order valence-corrected chi connectivity index (χ2v) is 9.57. The van der Waals surface area contributed by atoms with Crippen LogP contribution in [0.25, 0.3) is 6.08 Å². The molecule has 0 saturated carbocycles. The Morgan fingerprint density at radius 3 is 2.38 bits per heavy atom. The first-order valence-electron chi connectivity index (χ1n) is 13.7. The number of nitrogens with zero attached hydrogens (tertiary/aromatic N) is 1. The maximum Gasteiger partial charge on any atom is 0.303 e. The van der Waals surface area contributed by atoms with Crippen molar-refractivity contribution in [2.75, 3.05) is 32.6 Å². The van der Waals surface area contributed by atoms with Gasteiger partial charge < -0.3 is 24.8 Å². The van der Waals surface area contributed by atoms with Gasteiger partial charge in [0.1, 0.15) is 11.5 Å². The summed E-state index contributed by atoms with van der Waals surface area (Å²) >= 11 is 0. The Kier molecular flexibility index (Phi) is 14.2. The number of anilines is 1. The summed E-state index contributed by atoms with van der Waals surface area (Å²) in [5, 5.41) is 12.0. The predicted molar refractivity (Wildman–Crippen MR) is 154 cm³/mol. The monoisotopic (exact) mass is 538 g/mol. The highest BCUT2D eigenvalue weighted by Crippen LogP contribution is 2.25. The largest absolute Gasteiger partial charge is 0.494 e. The van der Waals surface area contributed by atoms with E-state index in [-0.39, 0.29) is 24.7 Å². The van der Waals surface area contributed by atoms with Crippen LogP contribution in [0.3, 0.4) is 0 Å². The number of ether oxygens (including phenoxy) is 2. The second kappa shape index (κ2) is 17.7. The van der Waals surface area contributed by atoms with E-state index in [1.165, 1.54) is 4.90 Å². The standard InChI is InChI=1S/C31H42N2O6/c1-4-21-38-27-17-13-24(14-18-27)10-7-5-6-8-22-39-28-19-16-26(23-25(28)15-20-31(36)37)32-29(34)11-9-12-30(35)33(2)3/h7,10,13-14,16-19,23H,4-6,8-9,11-12,15,20-22H2,1-3H3,(H,32,34)(H,36,37). The zero-order valence-corrected chi connectivity index (χ0v) is 23.4. The van der Waals surface area contributed by atoms with Crippen molar-refractivity contribution in [3.63, 3.8) is 0 Å². The molecule has 8 nitrogen and oxygen atoms in total. The van der Waals surface area contributed by atoms with Crippen molar-refractivity contribution in [3.8, 4) is 11.5 Å². The van der Waals surface area contributed by atoms with Gasteiger partial charge in [0.05, 0.1) is 13.2 Å². The minimum absolute atomic E-state index is 0.0146. The summed E-state index contributed by atoms with van der Waals surface area (Å²) in [6.07, 6.45) is 9.26. The number of nitrogens with one attached hydrogen (secondary N) is 1. The smallest absolute Gasteiger partial charge is 0.303 e. The lowest BCUT2D eigenvalue weighted by atomic mass is 10.1. The number of benzene rings is 2. The molecule has 8 heteroatoms. The number of aliphatic carboxylic acids is 1. The molecule has 0 radical (unpaired) electrons. The van der Waals surface area contributed by atoms with Gasteiger partial charge in [0.2, 0.25) is 11.8 Å². The molecular weight excluding hydrogens is 496 g/mol. The van der Waals surface area contributed by atoms with E-state index in [4.69, 9.17) is 14.6 Å². The summed E-state index contributed by atoms with van der Waals surface area (Å²) in [7, 11) is 3.38. The molecule has 0 aromatic heterocycles. The number of carbonyl (C=O) groups excluding carboxylic acids is 2. The van der Waals surface area contributed by atoms with Crippen LogP contribution in [-0.2, 0) is 20.8 Å². The Labute approximate surface area is 232 Å². The van der Waals surface area contributed by atoms with E-state index in [1.807, 2.05) is 24.3 Å². The van der Waals surface area contributed by atoms with Crippen LogP contribution in [0.2, 0.25) is 0 Å². The maximum absolute atomic E-state index is 12.3. The average molecular weight is 539 g/mol. The van der Waals surface area contributed by atoms with Gasteiger partial charge >= 0.3 is 5.97 Å². The fourth-order valence-electron chi connectivity index (χ4n) is 3.74. The minimum atomic E-state index is -0.893. The highest BCUT2D eigenvalue weighted by Gasteiger charge is 2.11. The van der Waals surface area contributed by atoms with E-state index in [1.54, 1.807) is 32.3 Å². The summed E-state index contributed by atoms with van der Waals surface area (Å²) in [4.78, 5) is 36.6. The van der Waals surface area contributed by atoms with Gasteiger partial charge in [-0.1, -0.05) is 31.2 Å². The van der Waals surface area contributed by atoms with Crippen LogP contribution in [0.5, 0.6) is 11.5 Å². The summed E-state index contributed by atoms with van der Waals surface area (Å²) in [6, 6.07) is 13.3. The third kappa shape index (κ3) is 13.0. The van der Waals surface area contributed by atoms with Crippen molar-refractivity contribution < 1.29 is 29.0 Å². The lowest BCUT2D eigenvalue weighted by Crippen LogP contribution is -2.21. The van der Waals surface area contributed by atoms with Gasteiger partial charge in [0.25, 0.3) is 0 Å². The lowest BCUT2D eigenvalue weighted by Gasteiger charge is -2.14. The zero-order valence-electron chi connectivity index (χ0n) is 23.4. The number of rotatable bonds is 18. The number of unbranched alkanes of at least 4 members (excludes halogenated alkanes) is 2. The van der Waals surface area contributed by atoms with E-state index >= 15 is 0 Å². The van der Waals surface area contributed by atoms with Gasteiger partial charge in [0.15, 0.2) is 0 Å². The predicted octanol–water partition coefficient (Wildman–Crippen LogP) is 5.95. The van der Waals surface area contributed by atoms with Crippen LogP contribution in [-0.4, -0.2) is 55.1 Å². The number of allylic oxidation sites excluding steroid dienone is 1. The van der Waals surface area contributed by atoms with Gasteiger partial charge in [-0.25, -0.2) is 0 Å². The number of carbonyl (C=O) groups is 3. The first-order chi connectivity index (χ1) is 18.8. The van der Waals surface area contributed by atoms with Crippen molar-refractivity contribution in [2.45, 2.75) is 64.7 Å². The number of hydrogen-bond donors (Lipinski definition) is 2. The highest BCUT2D eigenvalue weighted by atomic mass is 16.5. The Hall–Kier alpha value is -3.81. The molecule has 2 amide bonds. The van der Waals surface area contributed by atoms with Gasteiger partial charge in [-0.15, -0.1) is 0 Å². The summed E-state index contributed by atoms with van der Waals surface area (Å²) < 4.78 is 11.6. The summed E-state index contributed by atoms with van der Waals surface area (Å²) in [5.74, 6) is 0.424. The fraction of sp³-hybridized carbons (Fsp3) is 0.452. The van der Waals surface area contributed by atoms with Gasteiger partial charge in [-0.2, -0.15) is 0 Å². The molecule has 0 heterocycles. The van der Waals surface area contributed by atoms with Crippen LogP contribution in [0.15, 0.2) is 48.5 Å². The SMILES string of the molecule is CCCOc1ccc(C=CCCCCOc2ccc(NC(=O)CCCC(=O)N(C)C)cc2CCC(=O)O)cc1. The quantitative estimate of drug-likeness (QED) is 0.227. The van der Waals surface area contributed by atoms with Gasteiger partial charge in [0, 0.05) is 39.0 Å². The Morgan fingerprint density at radius 1 is 0.923 bits per heavy atom. The van der Waals surface area contributed by atoms with Crippen LogP contribution in [0.1, 0.15) is 69.4 Å². The topological polar surface area (TPSA) is 105 Å². The Balaban J connectivity index is 1.80. The molecule has 0 saturated heterocycles. The van der Waals surface area contributed by atoms with Crippen LogP contribution in [0, 0.1) is 0 Å². The van der Waals surface area contributed by atoms with E-state index in [0.717, 1.165) is 49.2 Å². The fourth-order valence-corrected chi connectivity index (χ4v) is 3.74. The third-order valence-electron chi connectivity index (χ3n) is 5.93. The van der Waals surface area contributed by atoms with E-state index in [0.29, 0.717) is 37.3 Å². The van der Waals surface area contributed by atoms with Crippen molar-refractivity contribution in [2.24, 2.45) is 0 Å². The number of amides is 2. The van der Waals surface area contributed by atoms with E-state index < -0.39 is 5.97 Å². The molecule has 39 heavy (non-hydrogen) atoms. The second-order valence-electron chi connectivity index (χ2n) is 9.57. The number of carboxylic acids is 1. The molecule has 0 spiro atoms. The molecule has 0 fully saturated rings. The van der Waals surface area contributed by atoms with Crippen LogP contribution < -0.4 is 14.8 Å². The van der Waals surface area contributed by atoms with Gasteiger partial charge in [-0.3, -0.25) is 14.4 Å². The molecule has 0 atom stereocenters. The third-order valence-corrected chi connectivity index (χ3v) is 5.93. The first-order valence-corrected chi connectivity index (χ1v) is 13.7. The number of carboxylic acid groups (broad SMARTS) is 1. The Bertz CT molecular complexity index is 1080. The molecular formula is C31H42N2O6. The van der Waals surface area contributed by atoms with Crippen molar-refractivity contribution in [1.29, 1.82) is 0 Å². The highest BCUT2D eigenvalue weighted by molar-refractivity contribution is 5.91. The molecule has 0 aliphatic heterocycles. The molecule has 0 bridgehead atoms. The molecule has 2 N–H and O–H groups in total. The van der Waals surface area contributed by atoms with Crippen molar-refractivity contribution >= 4 is 29.5 Å². The van der Waals surface area contributed by atoms with Crippen molar-refractivity contribution in [3.05, 3.63) is 59.7 Å². The Morgan fingerprint density at radius 2 is 1.69 bits per heavy atom. The van der Waals surface area contributed by atoms with E-state index in [9.17, 15) is 14.4 Å². The molecule has 2 aromatic rings. The maximum atomic E-state index is 12.3. The molecule has 2 rings (SSSR count). The molecule has 0 aliphatic rings.